The van der Waals surface area contributed by atoms with E-state index in [0.717, 1.165) is 65.6 Å². The first-order valence-electron chi connectivity index (χ1n) is 9.24. The van der Waals surface area contributed by atoms with Crippen molar-refractivity contribution in [1.29, 1.82) is 0 Å². The van der Waals surface area contributed by atoms with Gasteiger partial charge in [0.25, 0.3) is 5.91 Å². The highest BCUT2D eigenvalue weighted by Gasteiger charge is 2.23. The third kappa shape index (κ3) is 4.87. The van der Waals surface area contributed by atoms with Crippen molar-refractivity contribution in [3.05, 3.63) is 23.8 Å². The van der Waals surface area contributed by atoms with Crippen LogP contribution in [0.15, 0.2) is 18.2 Å². The molecule has 0 atom stereocenters. The SMILES string of the molecule is COc1cc(OC)cc(C(=O)N2CCN(CCN3CCOCC3)CC2)c1. The van der Waals surface area contributed by atoms with Gasteiger partial charge in [0, 0.05) is 64.0 Å². The van der Waals surface area contributed by atoms with Gasteiger partial charge in [0.2, 0.25) is 0 Å². The van der Waals surface area contributed by atoms with E-state index in [1.54, 1.807) is 32.4 Å². The molecule has 1 amide bonds. The number of carbonyl (C=O) groups is 1. The van der Waals surface area contributed by atoms with E-state index < -0.39 is 0 Å². The second-order valence-corrected chi connectivity index (χ2v) is 6.69. The van der Waals surface area contributed by atoms with Crippen molar-refractivity contribution < 1.29 is 19.0 Å². The normalized spacial score (nSPS) is 19.4. The molecule has 0 unspecified atom stereocenters. The second-order valence-electron chi connectivity index (χ2n) is 6.69. The van der Waals surface area contributed by atoms with E-state index in [2.05, 4.69) is 9.80 Å². The topological polar surface area (TPSA) is 54.5 Å². The van der Waals surface area contributed by atoms with Crippen LogP contribution in [-0.4, -0.2) is 100 Å². The number of piperazine rings is 1. The lowest BCUT2D eigenvalue weighted by atomic mass is 10.1. The molecule has 2 fully saturated rings. The monoisotopic (exact) mass is 363 g/mol. The number of nitrogens with zero attached hydrogens (tertiary/aromatic N) is 3. The van der Waals surface area contributed by atoms with Crippen molar-refractivity contribution in [3.63, 3.8) is 0 Å². The van der Waals surface area contributed by atoms with E-state index in [-0.39, 0.29) is 5.91 Å². The van der Waals surface area contributed by atoms with Gasteiger partial charge in [-0.15, -0.1) is 0 Å². The van der Waals surface area contributed by atoms with E-state index in [9.17, 15) is 4.79 Å². The van der Waals surface area contributed by atoms with Gasteiger partial charge in [-0.05, 0) is 12.1 Å². The van der Waals surface area contributed by atoms with Gasteiger partial charge in [-0.25, -0.2) is 0 Å². The van der Waals surface area contributed by atoms with Crippen LogP contribution in [0.2, 0.25) is 0 Å². The summed E-state index contributed by atoms with van der Waals surface area (Å²) in [5.74, 6) is 1.31. The fraction of sp³-hybridized carbons (Fsp3) is 0.632. The summed E-state index contributed by atoms with van der Waals surface area (Å²) in [4.78, 5) is 19.6. The molecule has 0 aromatic heterocycles. The van der Waals surface area contributed by atoms with Crippen molar-refractivity contribution in [2.45, 2.75) is 0 Å². The van der Waals surface area contributed by atoms with Gasteiger partial charge in [-0.3, -0.25) is 14.6 Å². The molecule has 2 aliphatic heterocycles. The Balaban J connectivity index is 1.50. The quantitative estimate of drug-likeness (QED) is 0.745. The van der Waals surface area contributed by atoms with E-state index in [0.29, 0.717) is 17.1 Å². The third-order valence-electron chi connectivity index (χ3n) is 5.09. The maximum Gasteiger partial charge on any atom is 0.254 e. The summed E-state index contributed by atoms with van der Waals surface area (Å²) in [5.41, 5.74) is 0.614. The molecule has 0 N–H and O–H groups in total. The molecule has 2 aliphatic rings. The van der Waals surface area contributed by atoms with Gasteiger partial charge in [0.1, 0.15) is 11.5 Å². The summed E-state index contributed by atoms with van der Waals surface area (Å²) in [6.07, 6.45) is 0. The van der Waals surface area contributed by atoms with Crippen LogP contribution in [0.3, 0.4) is 0 Å². The standard InChI is InChI=1S/C19H29N3O4/c1-24-17-13-16(14-18(15-17)25-2)19(23)22-7-5-20(6-8-22)3-4-21-9-11-26-12-10-21/h13-15H,3-12H2,1-2H3. The Morgan fingerprint density at radius 3 is 1.96 bits per heavy atom. The maximum atomic E-state index is 12.8. The number of methoxy groups -OCH3 is 2. The smallest absolute Gasteiger partial charge is 0.254 e. The number of hydrogen-bond acceptors (Lipinski definition) is 6. The predicted molar refractivity (Wildman–Crippen MR) is 99.1 cm³/mol. The minimum Gasteiger partial charge on any atom is -0.497 e. The fourth-order valence-electron chi connectivity index (χ4n) is 3.40. The molecule has 7 nitrogen and oxygen atoms in total. The van der Waals surface area contributed by atoms with Crippen molar-refractivity contribution in [3.8, 4) is 11.5 Å². The van der Waals surface area contributed by atoms with Crippen LogP contribution in [0.5, 0.6) is 11.5 Å². The Bertz CT molecular complexity index is 574. The van der Waals surface area contributed by atoms with E-state index in [4.69, 9.17) is 14.2 Å². The number of amides is 1. The summed E-state index contributed by atoms with van der Waals surface area (Å²) < 4.78 is 15.9. The first kappa shape index (κ1) is 18.9. The molecule has 0 saturated carbocycles. The summed E-state index contributed by atoms with van der Waals surface area (Å²) in [6, 6.07) is 5.33. The molecule has 1 aromatic rings. The minimum absolute atomic E-state index is 0.0371. The molecule has 7 heteroatoms. The summed E-state index contributed by atoms with van der Waals surface area (Å²) >= 11 is 0. The number of morpholine rings is 1. The van der Waals surface area contributed by atoms with Gasteiger partial charge < -0.3 is 19.1 Å². The lowest BCUT2D eigenvalue weighted by molar-refractivity contribution is 0.0293. The number of rotatable bonds is 6. The number of ether oxygens (including phenoxy) is 3. The zero-order valence-electron chi connectivity index (χ0n) is 15.8. The van der Waals surface area contributed by atoms with Gasteiger partial charge in [0.05, 0.1) is 27.4 Å². The molecule has 0 spiro atoms. The Morgan fingerprint density at radius 2 is 1.42 bits per heavy atom. The van der Waals surface area contributed by atoms with Crippen LogP contribution in [0.25, 0.3) is 0 Å². The van der Waals surface area contributed by atoms with Gasteiger partial charge in [-0.1, -0.05) is 0 Å². The van der Waals surface area contributed by atoms with E-state index in [1.807, 2.05) is 4.90 Å². The molecule has 3 rings (SSSR count). The van der Waals surface area contributed by atoms with Crippen molar-refractivity contribution in [2.24, 2.45) is 0 Å². The molecular weight excluding hydrogens is 334 g/mol. The molecule has 2 saturated heterocycles. The lowest BCUT2D eigenvalue weighted by Crippen LogP contribution is -2.51. The number of hydrogen-bond donors (Lipinski definition) is 0. The van der Waals surface area contributed by atoms with Crippen LogP contribution in [-0.2, 0) is 4.74 Å². The number of carbonyl (C=O) groups excluding carboxylic acids is 1. The van der Waals surface area contributed by atoms with Crippen molar-refractivity contribution >= 4 is 5.91 Å². The molecule has 144 valence electrons. The van der Waals surface area contributed by atoms with Gasteiger partial charge >= 0.3 is 0 Å². The first-order valence-corrected chi connectivity index (χ1v) is 9.24. The fourth-order valence-corrected chi connectivity index (χ4v) is 3.40. The van der Waals surface area contributed by atoms with E-state index >= 15 is 0 Å². The Morgan fingerprint density at radius 1 is 0.885 bits per heavy atom. The Hall–Kier alpha value is -1.83. The van der Waals surface area contributed by atoms with Crippen LogP contribution in [0.1, 0.15) is 10.4 Å². The largest absolute Gasteiger partial charge is 0.497 e. The Kier molecular flexibility index (Phi) is 6.71. The molecule has 0 bridgehead atoms. The molecule has 0 aliphatic carbocycles. The van der Waals surface area contributed by atoms with Crippen molar-refractivity contribution in [2.75, 3.05) is 79.8 Å². The van der Waals surface area contributed by atoms with Crippen LogP contribution in [0.4, 0.5) is 0 Å². The minimum atomic E-state index is 0.0371. The molecule has 1 aromatic carbocycles. The highest BCUT2D eigenvalue weighted by molar-refractivity contribution is 5.95. The van der Waals surface area contributed by atoms with Crippen LogP contribution >= 0.6 is 0 Å². The average molecular weight is 363 g/mol. The highest BCUT2D eigenvalue weighted by Crippen LogP contribution is 2.23. The molecule has 2 heterocycles. The van der Waals surface area contributed by atoms with Crippen LogP contribution in [0, 0.1) is 0 Å². The number of benzene rings is 1. The van der Waals surface area contributed by atoms with Crippen LogP contribution < -0.4 is 9.47 Å². The zero-order chi connectivity index (χ0) is 18.4. The summed E-state index contributed by atoms with van der Waals surface area (Å²) in [5, 5.41) is 0. The first-order chi connectivity index (χ1) is 12.7. The zero-order valence-corrected chi connectivity index (χ0v) is 15.8. The summed E-state index contributed by atoms with van der Waals surface area (Å²) in [7, 11) is 3.19. The highest BCUT2D eigenvalue weighted by atomic mass is 16.5. The molecule has 0 radical (unpaired) electrons. The predicted octanol–water partition coefficient (Wildman–Crippen LogP) is 0.794. The maximum absolute atomic E-state index is 12.8. The second kappa shape index (κ2) is 9.21. The van der Waals surface area contributed by atoms with Gasteiger partial charge in [-0.2, -0.15) is 0 Å². The molecule has 26 heavy (non-hydrogen) atoms. The Labute approximate surface area is 155 Å². The molecular formula is C19H29N3O4. The van der Waals surface area contributed by atoms with Gasteiger partial charge in [0.15, 0.2) is 0 Å². The third-order valence-corrected chi connectivity index (χ3v) is 5.09. The average Bonchev–Trinajstić information content (AvgIpc) is 2.72. The summed E-state index contributed by atoms with van der Waals surface area (Å²) in [6.45, 7) is 9.18. The van der Waals surface area contributed by atoms with E-state index in [1.165, 1.54) is 0 Å². The van der Waals surface area contributed by atoms with Crippen molar-refractivity contribution in [1.82, 2.24) is 14.7 Å². The lowest BCUT2D eigenvalue weighted by Gasteiger charge is -2.36.